The molecule has 1 amide bonds. The summed E-state index contributed by atoms with van der Waals surface area (Å²) in [5, 5.41) is 13.1. The van der Waals surface area contributed by atoms with E-state index in [2.05, 4.69) is 5.32 Å². The molecule has 200 valence electrons. The highest BCUT2D eigenvalue weighted by molar-refractivity contribution is 7.89. The van der Waals surface area contributed by atoms with Crippen LogP contribution in [0.2, 0.25) is 0 Å². The van der Waals surface area contributed by atoms with Gasteiger partial charge in [-0.3, -0.25) is 0 Å². The van der Waals surface area contributed by atoms with Crippen LogP contribution >= 0.6 is 0 Å². The molecule has 1 unspecified atom stereocenters. The summed E-state index contributed by atoms with van der Waals surface area (Å²) < 4.78 is 45.6. The second kappa shape index (κ2) is 12.4. The van der Waals surface area contributed by atoms with Crippen LogP contribution in [0.1, 0.15) is 53.5 Å². The Morgan fingerprint density at radius 1 is 1.08 bits per heavy atom. The minimum atomic E-state index is -4.26. The van der Waals surface area contributed by atoms with Crippen LogP contribution in [0, 0.1) is 0 Å². The molecule has 9 nitrogen and oxygen atoms in total. The zero-order valence-electron chi connectivity index (χ0n) is 22.0. The summed E-state index contributed by atoms with van der Waals surface area (Å²) in [4.78, 5) is 12.5. The molecule has 0 fully saturated rings. The largest absolute Gasteiger partial charge is 0.493 e. The molecule has 0 aromatic heterocycles. The van der Waals surface area contributed by atoms with Gasteiger partial charge in [-0.15, -0.1) is 0 Å². The Labute approximate surface area is 214 Å². The van der Waals surface area contributed by atoms with Gasteiger partial charge in [-0.1, -0.05) is 37.3 Å². The fourth-order valence-electron chi connectivity index (χ4n) is 3.30. The van der Waals surface area contributed by atoms with Crippen molar-refractivity contribution in [2.24, 2.45) is 0 Å². The number of sulfonamides is 1. The number of nitrogens with one attached hydrogen (secondary N) is 1. The summed E-state index contributed by atoms with van der Waals surface area (Å²) in [6.45, 7) is 10.2. The number of carbonyl (C=O) groups excluding carboxylic acids is 1. The van der Waals surface area contributed by atoms with E-state index < -0.39 is 34.0 Å². The molecule has 0 bridgehead atoms. The van der Waals surface area contributed by atoms with Crippen LogP contribution in [0.5, 0.6) is 11.5 Å². The van der Waals surface area contributed by atoms with Gasteiger partial charge in [-0.2, -0.15) is 4.31 Å². The molecule has 0 saturated heterocycles. The number of methoxy groups -OCH3 is 1. The smallest absolute Gasteiger partial charge is 0.409 e. The van der Waals surface area contributed by atoms with E-state index in [1.807, 2.05) is 19.9 Å². The average molecular weight is 523 g/mol. The van der Waals surface area contributed by atoms with Crippen LogP contribution < -0.4 is 14.8 Å². The van der Waals surface area contributed by atoms with Crippen LogP contribution in [0.3, 0.4) is 0 Å². The number of hydrogen-bond acceptors (Lipinski definition) is 7. The molecule has 3 atom stereocenters. The fraction of sp³-hybridized carbons (Fsp3) is 0.500. The van der Waals surface area contributed by atoms with E-state index in [0.29, 0.717) is 17.7 Å². The first-order valence-electron chi connectivity index (χ1n) is 11.9. The van der Waals surface area contributed by atoms with Crippen molar-refractivity contribution in [1.29, 1.82) is 0 Å². The predicted octanol–water partition coefficient (Wildman–Crippen LogP) is 4.30. The highest BCUT2D eigenvalue weighted by Gasteiger charge is 2.37. The Hall–Kier alpha value is -2.82. The van der Waals surface area contributed by atoms with Crippen molar-refractivity contribution < 1.29 is 32.5 Å². The maximum Gasteiger partial charge on any atom is 0.409 e. The lowest BCUT2D eigenvalue weighted by molar-refractivity contribution is 0.0301. The van der Waals surface area contributed by atoms with Crippen molar-refractivity contribution in [1.82, 2.24) is 9.62 Å². The van der Waals surface area contributed by atoms with E-state index in [0.717, 1.165) is 4.31 Å². The molecule has 2 N–H and O–H groups in total. The highest BCUT2D eigenvalue weighted by atomic mass is 32.2. The van der Waals surface area contributed by atoms with Crippen LogP contribution in [0.4, 0.5) is 4.79 Å². The average Bonchev–Trinajstić information content (AvgIpc) is 2.80. The minimum Gasteiger partial charge on any atom is -0.493 e. The first kappa shape index (κ1) is 29.4. The lowest BCUT2D eigenvalue weighted by atomic mass is 10.2. The number of alkyl carbamates (subject to hydrolysis) is 1. The molecule has 0 aliphatic heterocycles. The van der Waals surface area contributed by atoms with Gasteiger partial charge in [0.15, 0.2) is 11.5 Å². The van der Waals surface area contributed by atoms with Gasteiger partial charge in [0, 0.05) is 12.6 Å². The summed E-state index contributed by atoms with van der Waals surface area (Å²) in [6.07, 6.45) is -2.88. The van der Waals surface area contributed by atoms with Crippen molar-refractivity contribution in [3.63, 3.8) is 0 Å². The molecule has 0 radical (unpaired) electrons. The lowest BCUT2D eigenvalue weighted by Gasteiger charge is -2.34. The van der Waals surface area contributed by atoms with E-state index in [9.17, 15) is 18.3 Å². The number of hydrogen-bond donors (Lipinski definition) is 2. The van der Waals surface area contributed by atoms with Crippen molar-refractivity contribution in [3.8, 4) is 11.5 Å². The summed E-state index contributed by atoms with van der Waals surface area (Å²) in [6, 6.07) is 13.2. The molecule has 0 aliphatic carbocycles. The second-order valence-corrected chi connectivity index (χ2v) is 11.4. The third-order valence-electron chi connectivity index (χ3n) is 5.26. The zero-order chi connectivity index (χ0) is 27.1. The maximum atomic E-state index is 14.0. The lowest BCUT2D eigenvalue weighted by Crippen LogP contribution is -2.56. The number of rotatable bonds is 11. The predicted molar refractivity (Wildman–Crippen MR) is 137 cm³/mol. The molecule has 0 aliphatic rings. The number of carbonyl (C=O) groups is 1. The van der Waals surface area contributed by atoms with Crippen LogP contribution in [0.25, 0.3) is 0 Å². The number of ether oxygens (including phenoxy) is 3. The Morgan fingerprint density at radius 2 is 1.72 bits per heavy atom. The number of nitrogens with zero attached hydrogens (tertiary/aromatic N) is 1. The van der Waals surface area contributed by atoms with Gasteiger partial charge in [0.25, 0.3) is 0 Å². The topological polar surface area (TPSA) is 114 Å². The molecule has 0 spiro atoms. The van der Waals surface area contributed by atoms with Gasteiger partial charge in [-0.05, 0) is 58.7 Å². The molecule has 2 aromatic rings. The van der Waals surface area contributed by atoms with Crippen molar-refractivity contribution >= 4 is 16.1 Å². The Bertz CT molecular complexity index is 1100. The van der Waals surface area contributed by atoms with Crippen molar-refractivity contribution in [2.75, 3.05) is 7.11 Å². The Morgan fingerprint density at radius 3 is 2.25 bits per heavy atom. The van der Waals surface area contributed by atoms with Crippen LogP contribution in [-0.2, 0) is 21.3 Å². The molecular formula is C26H38N2O7S. The van der Waals surface area contributed by atoms with E-state index in [1.165, 1.54) is 32.2 Å². The van der Waals surface area contributed by atoms with Gasteiger partial charge in [0.1, 0.15) is 11.8 Å². The quantitative estimate of drug-likeness (QED) is 0.423. The normalized spacial score (nSPS) is 14.6. The standard InChI is InChI=1S/C26H38N2O7S/c1-8-18(2)34-23-16-21(14-15-22(23)33-7)36(31,32)28(17-20-12-10-9-11-13-20)24(19(3)29)27-25(30)35-26(4,5)6/h9-16,18-19,24,29H,8,17H2,1-7H3,(H,27,30)/t18?,19-,24+/m1/s1. The molecule has 0 heterocycles. The van der Waals surface area contributed by atoms with Gasteiger partial charge in [-0.25, -0.2) is 13.2 Å². The van der Waals surface area contributed by atoms with Crippen LogP contribution in [0.15, 0.2) is 53.4 Å². The van der Waals surface area contributed by atoms with Gasteiger partial charge < -0.3 is 24.6 Å². The second-order valence-electron chi connectivity index (χ2n) is 9.52. The third kappa shape index (κ3) is 8.11. The number of benzene rings is 2. The first-order chi connectivity index (χ1) is 16.8. The summed E-state index contributed by atoms with van der Waals surface area (Å²) in [5.74, 6) is 0.670. The molecule has 0 saturated carbocycles. The van der Waals surface area contributed by atoms with E-state index in [4.69, 9.17) is 14.2 Å². The molecular weight excluding hydrogens is 484 g/mol. The van der Waals surface area contributed by atoms with Gasteiger partial charge >= 0.3 is 6.09 Å². The van der Waals surface area contributed by atoms with Gasteiger partial charge in [0.05, 0.1) is 24.2 Å². The van der Waals surface area contributed by atoms with E-state index in [1.54, 1.807) is 45.0 Å². The van der Waals surface area contributed by atoms with Crippen LogP contribution in [-0.4, -0.2) is 55.0 Å². The maximum absolute atomic E-state index is 14.0. The fourth-order valence-corrected chi connectivity index (χ4v) is 4.92. The third-order valence-corrected chi connectivity index (χ3v) is 7.08. The van der Waals surface area contributed by atoms with E-state index >= 15 is 0 Å². The van der Waals surface area contributed by atoms with E-state index in [-0.39, 0.29) is 23.3 Å². The highest BCUT2D eigenvalue weighted by Crippen LogP contribution is 2.33. The number of amides is 1. The monoisotopic (exact) mass is 522 g/mol. The summed E-state index contributed by atoms with van der Waals surface area (Å²) in [7, 11) is -2.78. The molecule has 36 heavy (non-hydrogen) atoms. The molecule has 2 aromatic carbocycles. The minimum absolute atomic E-state index is 0.0748. The summed E-state index contributed by atoms with van der Waals surface area (Å²) >= 11 is 0. The molecule has 2 rings (SSSR count). The summed E-state index contributed by atoms with van der Waals surface area (Å²) in [5.41, 5.74) is -0.142. The van der Waals surface area contributed by atoms with Crippen molar-refractivity contribution in [3.05, 3.63) is 54.1 Å². The number of aliphatic hydroxyl groups excluding tert-OH is 1. The number of aliphatic hydroxyl groups is 1. The zero-order valence-corrected chi connectivity index (χ0v) is 22.8. The van der Waals surface area contributed by atoms with Gasteiger partial charge in [0.2, 0.25) is 10.0 Å². The Balaban J connectivity index is 2.57. The Kier molecular flexibility index (Phi) is 10.2. The SMILES string of the molecule is CCC(C)Oc1cc(S(=O)(=O)N(Cc2ccccc2)[C@H](NC(=O)OC(C)(C)C)[C@@H](C)O)ccc1OC. The first-order valence-corrected chi connectivity index (χ1v) is 13.3. The molecule has 10 heteroatoms. The van der Waals surface area contributed by atoms with Crippen molar-refractivity contribution in [2.45, 2.75) is 83.4 Å².